The molecule has 7 heteroatoms. The van der Waals surface area contributed by atoms with E-state index in [1.54, 1.807) is 0 Å². The number of rotatable bonds is 0. The summed E-state index contributed by atoms with van der Waals surface area (Å²) in [6.45, 7) is 0. The summed E-state index contributed by atoms with van der Waals surface area (Å²) in [5.74, 6) is 0. The van der Waals surface area contributed by atoms with Crippen LogP contribution in [0.2, 0.25) is 0 Å². The van der Waals surface area contributed by atoms with Crippen molar-refractivity contribution >= 4 is 14.5 Å². The molecule has 0 aliphatic carbocycles. The Morgan fingerprint density at radius 1 is 0.800 bits per heavy atom. The molecule has 0 heterocycles. The number of alkyl halides is 6. The molecular weight excluding hydrogens is 241 g/mol. The van der Waals surface area contributed by atoms with Crippen molar-refractivity contribution < 1.29 is 26.3 Å². The first-order valence-corrected chi connectivity index (χ1v) is 4.24. The summed E-state index contributed by atoms with van der Waals surface area (Å²) >= 11 is 0. The lowest BCUT2D eigenvalue weighted by molar-refractivity contribution is -0.162. The van der Waals surface area contributed by atoms with E-state index in [4.69, 9.17) is 0 Å². The molecule has 0 aliphatic heterocycles. The average molecular weight is 246 g/mol. The highest BCUT2D eigenvalue weighted by Crippen LogP contribution is 2.39. The van der Waals surface area contributed by atoms with Crippen LogP contribution in [0.3, 0.4) is 0 Å². The zero-order valence-corrected chi connectivity index (χ0v) is 8.23. The molecule has 0 saturated carbocycles. The van der Waals surface area contributed by atoms with Gasteiger partial charge in [-0.15, -0.1) is 9.24 Å². The Morgan fingerprint density at radius 3 is 1.67 bits per heavy atom. The number of hydrogen-bond donors (Lipinski definition) is 0. The molecule has 0 N–H and O–H groups in total. The molecule has 0 fully saturated rings. The minimum Gasteiger partial charge on any atom is -0.166 e. The number of hydrogen-bond acceptors (Lipinski definition) is 0. The normalized spacial score (nSPS) is 13.0. The van der Waals surface area contributed by atoms with Crippen LogP contribution in [0.25, 0.3) is 0 Å². The Morgan fingerprint density at radius 2 is 1.27 bits per heavy atom. The second-order valence-corrected chi connectivity index (χ2v) is 3.47. The van der Waals surface area contributed by atoms with E-state index in [1.165, 1.54) is 0 Å². The van der Waals surface area contributed by atoms with Crippen LogP contribution >= 0.6 is 9.24 Å². The Labute approximate surface area is 83.5 Å². The highest BCUT2D eigenvalue weighted by molar-refractivity contribution is 7.27. The second-order valence-electron chi connectivity index (χ2n) is 2.80. The third kappa shape index (κ3) is 2.84. The van der Waals surface area contributed by atoms with Crippen molar-refractivity contribution in [3.05, 3.63) is 29.3 Å². The van der Waals surface area contributed by atoms with Gasteiger partial charge in [0.25, 0.3) is 0 Å². The average Bonchev–Trinajstić information content (AvgIpc) is 2.00. The molecule has 0 aromatic heterocycles. The molecule has 0 radical (unpaired) electrons. The van der Waals surface area contributed by atoms with Crippen LogP contribution in [0.5, 0.6) is 0 Å². The Hall–Kier alpha value is -0.770. The molecule has 84 valence electrons. The summed E-state index contributed by atoms with van der Waals surface area (Å²) in [7, 11) is 1.92. The maximum atomic E-state index is 12.2. The Bertz CT molecular complexity index is 364. The minimum atomic E-state index is -5.00. The molecule has 1 aromatic rings. The predicted octanol–water partition coefficient (Wildman–Crippen LogP) is 3.22. The van der Waals surface area contributed by atoms with Gasteiger partial charge in [-0.3, -0.25) is 0 Å². The monoisotopic (exact) mass is 246 g/mol. The lowest BCUT2D eigenvalue weighted by Gasteiger charge is -2.15. The Kier molecular flexibility index (Phi) is 3.01. The van der Waals surface area contributed by atoms with Crippen LogP contribution in [0.4, 0.5) is 26.3 Å². The van der Waals surface area contributed by atoms with Crippen molar-refractivity contribution in [1.82, 2.24) is 0 Å². The minimum absolute atomic E-state index is 0.0512. The second kappa shape index (κ2) is 3.67. The van der Waals surface area contributed by atoms with Crippen molar-refractivity contribution in [2.45, 2.75) is 12.4 Å². The van der Waals surface area contributed by atoms with Gasteiger partial charge in [-0.05, 0) is 17.4 Å². The van der Waals surface area contributed by atoms with E-state index in [1.807, 2.05) is 9.24 Å². The third-order valence-electron chi connectivity index (χ3n) is 1.65. The molecule has 15 heavy (non-hydrogen) atoms. The lowest BCUT2D eigenvalue weighted by Crippen LogP contribution is -2.18. The van der Waals surface area contributed by atoms with E-state index in [-0.39, 0.29) is 5.30 Å². The van der Waals surface area contributed by atoms with Gasteiger partial charge in [0.1, 0.15) is 0 Å². The van der Waals surface area contributed by atoms with Crippen LogP contribution in [0.1, 0.15) is 11.1 Å². The zero-order chi connectivity index (χ0) is 11.9. The SMILES string of the molecule is FC(F)(F)c1ccc(P)cc1C(F)(F)F. The number of halogens is 6. The fourth-order valence-corrected chi connectivity index (χ4v) is 1.31. The molecule has 0 amide bonds. The smallest absolute Gasteiger partial charge is 0.166 e. The van der Waals surface area contributed by atoms with Crippen LogP contribution in [-0.2, 0) is 12.4 Å². The van der Waals surface area contributed by atoms with E-state index in [0.29, 0.717) is 12.1 Å². The summed E-state index contributed by atoms with van der Waals surface area (Å²) < 4.78 is 73.4. The maximum Gasteiger partial charge on any atom is 0.417 e. The molecule has 0 nitrogen and oxygen atoms in total. The molecule has 0 spiro atoms. The Balaban J connectivity index is 3.41. The summed E-state index contributed by atoms with van der Waals surface area (Å²) in [6, 6.07) is 1.83. The molecule has 0 bridgehead atoms. The van der Waals surface area contributed by atoms with Crippen LogP contribution < -0.4 is 5.30 Å². The van der Waals surface area contributed by atoms with Gasteiger partial charge in [-0.2, -0.15) is 26.3 Å². The van der Waals surface area contributed by atoms with Crippen molar-refractivity contribution in [3.63, 3.8) is 0 Å². The standard InChI is InChI=1S/C8H5F6P/c9-7(10,11)5-2-1-4(15)3-6(5)8(12,13)14/h1-3H,15H2. The van der Waals surface area contributed by atoms with Gasteiger partial charge >= 0.3 is 12.4 Å². The van der Waals surface area contributed by atoms with Gasteiger partial charge in [0.15, 0.2) is 0 Å². The van der Waals surface area contributed by atoms with Crippen LogP contribution in [-0.4, -0.2) is 0 Å². The molecular formula is C8H5F6P. The van der Waals surface area contributed by atoms with E-state index in [0.717, 1.165) is 6.07 Å². The predicted molar refractivity (Wildman–Crippen MR) is 45.8 cm³/mol. The van der Waals surface area contributed by atoms with Crippen molar-refractivity contribution in [1.29, 1.82) is 0 Å². The lowest BCUT2D eigenvalue weighted by atomic mass is 10.1. The van der Waals surface area contributed by atoms with Crippen molar-refractivity contribution in [2.24, 2.45) is 0 Å². The fourth-order valence-electron chi connectivity index (χ4n) is 1.04. The summed E-state index contributed by atoms with van der Waals surface area (Å²) in [4.78, 5) is 0. The first-order chi connectivity index (χ1) is 6.62. The van der Waals surface area contributed by atoms with E-state index < -0.39 is 23.5 Å². The summed E-state index contributed by atoms with van der Waals surface area (Å²) in [6.07, 6.45) is -10.00. The first kappa shape index (κ1) is 12.3. The summed E-state index contributed by atoms with van der Waals surface area (Å²) in [5.41, 5.74) is -3.33. The molecule has 0 saturated heterocycles. The van der Waals surface area contributed by atoms with Gasteiger partial charge in [-0.1, -0.05) is 6.07 Å². The van der Waals surface area contributed by atoms with Gasteiger partial charge in [0, 0.05) is 0 Å². The molecule has 1 aromatic carbocycles. The maximum absolute atomic E-state index is 12.2. The van der Waals surface area contributed by atoms with Gasteiger partial charge < -0.3 is 0 Å². The quantitative estimate of drug-likeness (QED) is 0.487. The zero-order valence-electron chi connectivity index (χ0n) is 7.08. The van der Waals surface area contributed by atoms with E-state index in [9.17, 15) is 26.3 Å². The first-order valence-electron chi connectivity index (χ1n) is 3.66. The number of benzene rings is 1. The van der Waals surface area contributed by atoms with Crippen molar-refractivity contribution in [3.8, 4) is 0 Å². The summed E-state index contributed by atoms with van der Waals surface area (Å²) in [5, 5.41) is 0.0512. The van der Waals surface area contributed by atoms with E-state index >= 15 is 0 Å². The van der Waals surface area contributed by atoms with E-state index in [2.05, 4.69) is 0 Å². The van der Waals surface area contributed by atoms with Crippen molar-refractivity contribution in [2.75, 3.05) is 0 Å². The van der Waals surface area contributed by atoms with Gasteiger partial charge in [0.05, 0.1) is 11.1 Å². The molecule has 1 rings (SSSR count). The van der Waals surface area contributed by atoms with Crippen LogP contribution in [0, 0.1) is 0 Å². The van der Waals surface area contributed by atoms with Gasteiger partial charge in [-0.25, -0.2) is 0 Å². The van der Waals surface area contributed by atoms with Crippen LogP contribution in [0.15, 0.2) is 18.2 Å². The highest BCUT2D eigenvalue weighted by Gasteiger charge is 2.42. The van der Waals surface area contributed by atoms with Gasteiger partial charge in [0.2, 0.25) is 0 Å². The molecule has 1 unspecified atom stereocenters. The fraction of sp³-hybridized carbons (Fsp3) is 0.250. The highest BCUT2D eigenvalue weighted by atomic mass is 31.0. The third-order valence-corrected chi connectivity index (χ3v) is 2.01. The molecule has 1 atom stereocenters. The largest absolute Gasteiger partial charge is 0.417 e. The topological polar surface area (TPSA) is 0 Å². The molecule has 0 aliphatic rings.